The number of rotatable bonds is 7. The van der Waals surface area contributed by atoms with Crippen molar-refractivity contribution in [3.8, 4) is 10.4 Å². The second-order valence-electron chi connectivity index (χ2n) is 8.39. The van der Waals surface area contributed by atoms with Crippen molar-refractivity contribution in [2.45, 2.75) is 26.2 Å². The molecule has 6 nitrogen and oxygen atoms in total. The highest BCUT2D eigenvalue weighted by Crippen LogP contribution is 2.35. The number of hydrogen-bond acceptors (Lipinski definition) is 5. The van der Waals surface area contributed by atoms with E-state index in [9.17, 15) is 4.79 Å². The number of amides is 1. The first-order valence-electron chi connectivity index (χ1n) is 10.7. The molecule has 0 unspecified atom stereocenters. The van der Waals surface area contributed by atoms with Gasteiger partial charge in [-0.25, -0.2) is 9.97 Å². The van der Waals surface area contributed by atoms with Crippen LogP contribution in [-0.4, -0.2) is 38.8 Å². The molecule has 2 aromatic heterocycles. The zero-order valence-corrected chi connectivity index (χ0v) is 19.3. The third-order valence-electron chi connectivity index (χ3n) is 5.70. The molecule has 164 valence electrons. The van der Waals surface area contributed by atoms with Crippen LogP contribution in [0.4, 0.5) is 5.13 Å². The van der Waals surface area contributed by atoms with Crippen molar-refractivity contribution in [2.24, 2.45) is 5.92 Å². The summed E-state index contributed by atoms with van der Waals surface area (Å²) >= 11 is 7.45. The summed E-state index contributed by atoms with van der Waals surface area (Å²) in [5.41, 5.74) is 10.4. The first-order chi connectivity index (χ1) is 15.5. The fraction of sp³-hybridized carbons (Fsp3) is 0.292. The number of hydrogen-bond donors (Lipinski definition) is 2. The summed E-state index contributed by atoms with van der Waals surface area (Å²) in [6, 6.07) is 13.7. The number of nitrogen functional groups attached to an aromatic ring is 1. The highest BCUT2D eigenvalue weighted by atomic mass is 35.5. The van der Waals surface area contributed by atoms with E-state index < -0.39 is 0 Å². The number of aromatic amines is 1. The van der Waals surface area contributed by atoms with Crippen LogP contribution >= 0.6 is 22.9 Å². The van der Waals surface area contributed by atoms with Gasteiger partial charge < -0.3 is 15.6 Å². The third-order valence-corrected chi connectivity index (χ3v) is 6.87. The van der Waals surface area contributed by atoms with E-state index >= 15 is 0 Å². The summed E-state index contributed by atoms with van der Waals surface area (Å²) in [6.45, 7) is 3.33. The van der Waals surface area contributed by atoms with Crippen LogP contribution in [0.25, 0.3) is 21.5 Å². The Morgan fingerprint density at radius 3 is 2.88 bits per heavy atom. The maximum atomic E-state index is 13.6. The molecule has 0 radical (unpaired) electrons. The Balaban J connectivity index is 1.40. The fourth-order valence-corrected chi connectivity index (χ4v) is 4.89. The minimum absolute atomic E-state index is 0.0690. The molecule has 1 aliphatic carbocycles. The number of nitrogens with one attached hydrogen (secondary N) is 1. The predicted molar refractivity (Wildman–Crippen MR) is 130 cm³/mol. The Morgan fingerprint density at radius 2 is 2.09 bits per heavy atom. The number of imidazole rings is 1. The molecule has 1 saturated carbocycles. The van der Waals surface area contributed by atoms with E-state index in [0.717, 1.165) is 52.2 Å². The quantitative estimate of drug-likeness (QED) is 0.386. The summed E-state index contributed by atoms with van der Waals surface area (Å²) in [4.78, 5) is 28.7. The number of H-pyrrole nitrogens is 1. The van der Waals surface area contributed by atoms with E-state index in [1.54, 1.807) is 0 Å². The molecule has 32 heavy (non-hydrogen) atoms. The number of aryl methyl sites for hydroxylation is 1. The van der Waals surface area contributed by atoms with Crippen molar-refractivity contribution in [3.63, 3.8) is 0 Å². The van der Waals surface area contributed by atoms with Crippen LogP contribution < -0.4 is 5.73 Å². The van der Waals surface area contributed by atoms with Crippen molar-refractivity contribution < 1.29 is 4.79 Å². The lowest BCUT2D eigenvalue weighted by Gasteiger charge is -2.22. The average Bonchev–Trinajstić information content (AvgIpc) is 3.36. The number of benzene rings is 2. The topological polar surface area (TPSA) is 87.9 Å². The molecule has 8 heteroatoms. The maximum Gasteiger partial charge on any atom is 0.274 e. The Hall–Kier alpha value is -2.90. The maximum absolute atomic E-state index is 13.6. The zero-order valence-electron chi connectivity index (χ0n) is 17.8. The van der Waals surface area contributed by atoms with Crippen LogP contribution in [0.5, 0.6) is 0 Å². The van der Waals surface area contributed by atoms with Gasteiger partial charge in [-0.1, -0.05) is 52.8 Å². The lowest BCUT2D eigenvalue weighted by Crippen LogP contribution is -2.35. The van der Waals surface area contributed by atoms with Gasteiger partial charge in [0, 0.05) is 24.5 Å². The van der Waals surface area contributed by atoms with Gasteiger partial charge in [-0.15, -0.1) is 0 Å². The van der Waals surface area contributed by atoms with E-state index in [-0.39, 0.29) is 5.91 Å². The Morgan fingerprint density at radius 1 is 1.25 bits per heavy atom. The molecule has 1 aliphatic rings. The van der Waals surface area contributed by atoms with Crippen LogP contribution in [-0.2, 0) is 6.42 Å². The molecule has 0 bridgehead atoms. The fourth-order valence-electron chi connectivity index (χ4n) is 3.90. The summed E-state index contributed by atoms with van der Waals surface area (Å²) < 4.78 is 0. The Bertz CT molecular complexity index is 1290. The summed E-state index contributed by atoms with van der Waals surface area (Å²) in [5, 5.41) is 1.08. The normalized spacial score (nSPS) is 13.6. The number of carbonyl (C=O) groups is 1. The highest BCUT2D eigenvalue weighted by molar-refractivity contribution is 7.19. The number of fused-ring (bicyclic) bond motifs is 1. The lowest BCUT2D eigenvalue weighted by molar-refractivity contribution is 0.0744. The smallest absolute Gasteiger partial charge is 0.274 e. The van der Waals surface area contributed by atoms with Crippen molar-refractivity contribution in [1.29, 1.82) is 0 Å². The third kappa shape index (κ3) is 4.49. The van der Waals surface area contributed by atoms with Crippen LogP contribution in [0, 0.1) is 12.8 Å². The van der Waals surface area contributed by atoms with Gasteiger partial charge in [0.2, 0.25) is 0 Å². The molecule has 5 rings (SSSR count). The van der Waals surface area contributed by atoms with Gasteiger partial charge in [-0.3, -0.25) is 4.79 Å². The monoisotopic (exact) mass is 465 g/mol. The van der Waals surface area contributed by atoms with Gasteiger partial charge in [0.25, 0.3) is 5.91 Å². The van der Waals surface area contributed by atoms with E-state index in [2.05, 4.69) is 21.0 Å². The van der Waals surface area contributed by atoms with E-state index in [4.69, 9.17) is 17.3 Å². The number of halogens is 1. The minimum atomic E-state index is -0.0690. The average molecular weight is 466 g/mol. The molecule has 0 spiro atoms. The second-order valence-corrected chi connectivity index (χ2v) is 9.86. The highest BCUT2D eigenvalue weighted by Gasteiger charge is 2.30. The minimum Gasteiger partial charge on any atom is -0.375 e. The number of aromatic nitrogens is 3. The summed E-state index contributed by atoms with van der Waals surface area (Å²) in [6.07, 6.45) is 2.96. The lowest BCUT2D eigenvalue weighted by atomic mass is 10.1. The summed E-state index contributed by atoms with van der Waals surface area (Å²) in [7, 11) is 0. The largest absolute Gasteiger partial charge is 0.375 e. The molecule has 0 saturated heterocycles. The van der Waals surface area contributed by atoms with Gasteiger partial charge >= 0.3 is 0 Å². The first-order valence-corrected chi connectivity index (χ1v) is 11.9. The zero-order chi connectivity index (χ0) is 22.2. The molecule has 1 fully saturated rings. The van der Waals surface area contributed by atoms with E-state index in [1.807, 2.05) is 48.2 Å². The predicted octanol–water partition coefficient (Wildman–Crippen LogP) is 5.33. The van der Waals surface area contributed by atoms with Crippen molar-refractivity contribution >= 4 is 45.0 Å². The van der Waals surface area contributed by atoms with Crippen LogP contribution in [0.1, 0.15) is 34.7 Å². The molecule has 1 amide bonds. The Kier molecular flexibility index (Phi) is 5.61. The van der Waals surface area contributed by atoms with Gasteiger partial charge in [0.05, 0.1) is 15.9 Å². The molecule has 4 aromatic rings. The number of carbonyl (C=O) groups excluding carboxylic acids is 1. The first kappa shape index (κ1) is 21.0. The second kappa shape index (κ2) is 8.56. The number of nitrogens with zero attached hydrogens (tertiary/aromatic N) is 3. The van der Waals surface area contributed by atoms with Crippen molar-refractivity contribution in [3.05, 3.63) is 64.6 Å². The van der Waals surface area contributed by atoms with Crippen LogP contribution in [0.3, 0.4) is 0 Å². The van der Waals surface area contributed by atoms with Crippen LogP contribution in [0.2, 0.25) is 5.02 Å². The molecular formula is C24H24ClN5OS. The molecule has 0 atom stereocenters. The molecule has 0 aliphatic heterocycles. The van der Waals surface area contributed by atoms with E-state index in [1.165, 1.54) is 11.3 Å². The number of anilines is 1. The summed E-state index contributed by atoms with van der Waals surface area (Å²) in [5.74, 6) is 1.33. The molecular weight excluding hydrogens is 442 g/mol. The standard InChI is InChI=1S/C24H24ClN5OS/c1-14-3-2-4-16(11-14)22-21(29-24(26)32-22)23(31)30(13-15-5-6-15)10-9-20-27-18-8-7-17(25)12-19(18)28-20/h2-4,7-8,11-12,15H,5-6,9-10,13H2,1H3,(H2,26,29)(H,27,28). The SMILES string of the molecule is Cc1cccc(-c2sc(N)nc2C(=O)N(CCc2nc3ccc(Cl)cc3[nH]2)CC2CC2)c1. The van der Waals surface area contributed by atoms with E-state index in [0.29, 0.717) is 34.7 Å². The molecule has 2 heterocycles. The number of nitrogens with two attached hydrogens (primary N) is 1. The van der Waals surface area contributed by atoms with Gasteiger partial charge in [-0.2, -0.15) is 0 Å². The van der Waals surface area contributed by atoms with Crippen molar-refractivity contribution in [1.82, 2.24) is 19.9 Å². The van der Waals surface area contributed by atoms with Gasteiger partial charge in [0.1, 0.15) is 11.5 Å². The van der Waals surface area contributed by atoms with Crippen molar-refractivity contribution in [2.75, 3.05) is 18.8 Å². The van der Waals surface area contributed by atoms with Crippen LogP contribution in [0.15, 0.2) is 42.5 Å². The molecule has 2 aromatic carbocycles. The van der Waals surface area contributed by atoms with Gasteiger partial charge in [0.15, 0.2) is 5.13 Å². The van der Waals surface area contributed by atoms with Gasteiger partial charge in [-0.05, 0) is 49.4 Å². The Labute approximate surface area is 195 Å². The molecule has 3 N–H and O–H groups in total. The number of thiazole rings is 1.